The number of methoxy groups -OCH3 is 1. The number of hydrogen-bond acceptors (Lipinski definition) is 5. The van der Waals surface area contributed by atoms with Gasteiger partial charge in [-0.3, -0.25) is 14.7 Å². The molecule has 7 nitrogen and oxygen atoms in total. The third-order valence-corrected chi connectivity index (χ3v) is 5.78. The van der Waals surface area contributed by atoms with Crippen LogP contribution in [0.3, 0.4) is 0 Å². The predicted molar refractivity (Wildman–Crippen MR) is 104 cm³/mol. The smallest absolute Gasteiger partial charge is 0.310 e. The van der Waals surface area contributed by atoms with Crippen LogP contribution >= 0.6 is 0 Å². The maximum Gasteiger partial charge on any atom is 0.310 e. The second-order valence-electron chi connectivity index (χ2n) is 7.57. The van der Waals surface area contributed by atoms with Gasteiger partial charge in [-0.25, -0.2) is 0 Å². The molecule has 2 saturated heterocycles. The summed E-state index contributed by atoms with van der Waals surface area (Å²) in [6.07, 6.45) is 5.51. The molecule has 0 spiro atoms. The van der Waals surface area contributed by atoms with Crippen LogP contribution in [0.15, 0.2) is 27.8 Å². The Morgan fingerprint density at radius 2 is 2.15 bits per heavy atom. The van der Waals surface area contributed by atoms with Gasteiger partial charge in [0.25, 0.3) is 0 Å². The highest BCUT2D eigenvalue weighted by Crippen LogP contribution is 2.26. The van der Waals surface area contributed by atoms with Gasteiger partial charge in [-0.15, -0.1) is 0 Å². The molecule has 1 aromatic rings. The van der Waals surface area contributed by atoms with Gasteiger partial charge >= 0.3 is 5.97 Å². The van der Waals surface area contributed by atoms with Crippen molar-refractivity contribution in [1.82, 2.24) is 15.1 Å². The van der Waals surface area contributed by atoms with Crippen LogP contribution in [0.5, 0.6) is 0 Å². The van der Waals surface area contributed by atoms with Gasteiger partial charge < -0.3 is 19.4 Å². The number of aliphatic imine (C=N–C) groups is 1. The number of likely N-dealkylation sites (tertiary alicyclic amines) is 2. The first-order valence-electron chi connectivity index (χ1n) is 9.95. The van der Waals surface area contributed by atoms with Gasteiger partial charge in [-0.1, -0.05) is 13.3 Å². The topological polar surface area (TPSA) is 70.3 Å². The number of piperidine rings is 1. The summed E-state index contributed by atoms with van der Waals surface area (Å²) in [5.74, 6) is 1.83. The van der Waals surface area contributed by atoms with Crippen molar-refractivity contribution in [3.05, 3.63) is 24.2 Å². The second kappa shape index (κ2) is 9.26. The molecule has 27 heavy (non-hydrogen) atoms. The summed E-state index contributed by atoms with van der Waals surface area (Å²) in [6.45, 7) is 6.45. The molecular weight excluding hydrogens is 344 g/mol. The molecule has 2 fully saturated rings. The number of furan rings is 1. The van der Waals surface area contributed by atoms with Crippen LogP contribution in [0.25, 0.3) is 0 Å². The molecule has 3 heterocycles. The molecule has 0 saturated carbocycles. The van der Waals surface area contributed by atoms with Gasteiger partial charge in [0.2, 0.25) is 0 Å². The number of ether oxygens (including phenoxy) is 1. The zero-order chi connectivity index (χ0) is 19.2. The summed E-state index contributed by atoms with van der Waals surface area (Å²) in [6, 6.07) is 4.19. The standard InChI is InChI=1S/C20H32N4O3/c1-15-13-24(14-16(15)19(25)26-3)20(21-2)22-12-17(18-8-7-11-27-18)23-9-5-4-6-10-23/h7-8,11,15-17H,4-6,9-10,12-14H2,1-3H3,(H,21,22). The first-order chi connectivity index (χ1) is 13.1. The molecule has 3 atom stereocenters. The SMILES string of the molecule is CN=C(NCC(c1ccco1)N1CCCCC1)N1CC(C)C(C(=O)OC)C1. The van der Waals surface area contributed by atoms with E-state index in [1.807, 2.05) is 6.07 Å². The Bertz CT molecular complexity index is 625. The van der Waals surface area contributed by atoms with E-state index < -0.39 is 0 Å². The van der Waals surface area contributed by atoms with Crippen molar-refractivity contribution in [2.75, 3.05) is 46.9 Å². The largest absolute Gasteiger partial charge is 0.469 e. The van der Waals surface area contributed by atoms with E-state index in [1.165, 1.54) is 26.4 Å². The number of hydrogen-bond donors (Lipinski definition) is 1. The van der Waals surface area contributed by atoms with E-state index in [9.17, 15) is 4.79 Å². The highest BCUT2D eigenvalue weighted by Gasteiger charge is 2.37. The third-order valence-electron chi connectivity index (χ3n) is 5.78. The number of carbonyl (C=O) groups excluding carboxylic acids is 1. The van der Waals surface area contributed by atoms with Crippen LogP contribution in [-0.4, -0.2) is 68.6 Å². The van der Waals surface area contributed by atoms with Crippen LogP contribution in [0.4, 0.5) is 0 Å². The van der Waals surface area contributed by atoms with Crippen LogP contribution in [-0.2, 0) is 9.53 Å². The Kier molecular flexibility index (Phi) is 6.77. The van der Waals surface area contributed by atoms with E-state index in [2.05, 4.69) is 33.1 Å². The van der Waals surface area contributed by atoms with Gasteiger partial charge in [0.05, 0.1) is 25.3 Å². The van der Waals surface area contributed by atoms with Gasteiger partial charge in [0.1, 0.15) is 5.76 Å². The number of esters is 1. The lowest BCUT2D eigenvalue weighted by molar-refractivity contribution is -0.145. The first kappa shape index (κ1) is 19.7. The average Bonchev–Trinajstić information content (AvgIpc) is 3.35. The maximum absolute atomic E-state index is 12.0. The monoisotopic (exact) mass is 376 g/mol. The average molecular weight is 377 g/mol. The van der Waals surface area contributed by atoms with Gasteiger partial charge in [0.15, 0.2) is 5.96 Å². The molecule has 1 N–H and O–H groups in total. The number of guanidine groups is 1. The zero-order valence-corrected chi connectivity index (χ0v) is 16.7. The molecule has 0 amide bonds. The normalized spacial score (nSPS) is 25.4. The molecule has 0 bridgehead atoms. The van der Waals surface area contributed by atoms with Crippen molar-refractivity contribution in [3.8, 4) is 0 Å². The minimum Gasteiger partial charge on any atom is -0.469 e. The zero-order valence-electron chi connectivity index (χ0n) is 16.7. The molecule has 3 unspecified atom stereocenters. The minimum absolute atomic E-state index is 0.100. The molecule has 150 valence electrons. The summed E-state index contributed by atoms with van der Waals surface area (Å²) in [4.78, 5) is 21.1. The van der Waals surface area contributed by atoms with E-state index in [0.717, 1.165) is 37.9 Å². The van der Waals surface area contributed by atoms with E-state index in [4.69, 9.17) is 9.15 Å². The fourth-order valence-corrected chi connectivity index (χ4v) is 4.24. The maximum atomic E-state index is 12.0. The number of nitrogens with zero attached hydrogens (tertiary/aromatic N) is 3. The third kappa shape index (κ3) is 4.64. The summed E-state index contributed by atoms with van der Waals surface area (Å²) < 4.78 is 10.7. The number of rotatable bonds is 5. The molecule has 7 heteroatoms. The van der Waals surface area contributed by atoms with E-state index >= 15 is 0 Å². The Labute approximate surface area is 161 Å². The van der Waals surface area contributed by atoms with Gasteiger partial charge in [0, 0.05) is 26.7 Å². The molecule has 1 aromatic heterocycles. The fourth-order valence-electron chi connectivity index (χ4n) is 4.24. The lowest BCUT2D eigenvalue weighted by Crippen LogP contribution is -2.45. The van der Waals surface area contributed by atoms with Crippen molar-refractivity contribution < 1.29 is 13.9 Å². The molecule has 2 aliphatic heterocycles. The lowest BCUT2D eigenvalue weighted by Gasteiger charge is -2.34. The van der Waals surface area contributed by atoms with Gasteiger partial charge in [-0.2, -0.15) is 0 Å². The molecule has 0 aromatic carbocycles. The van der Waals surface area contributed by atoms with Crippen LogP contribution in [0.2, 0.25) is 0 Å². The van der Waals surface area contributed by atoms with Crippen molar-refractivity contribution in [3.63, 3.8) is 0 Å². The highest BCUT2D eigenvalue weighted by molar-refractivity contribution is 5.82. The quantitative estimate of drug-likeness (QED) is 0.482. The molecule has 3 rings (SSSR count). The number of carbonyl (C=O) groups is 1. The lowest BCUT2D eigenvalue weighted by atomic mass is 9.99. The Morgan fingerprint density at radius 3 is 2.78 bits per heavy atom. The van der Waals surface area contributed by atoms with Crippen LogP contribution in [0, 0.1) is 11.8 Å². The predicted octanol–water partition coefficient (Wildman–Crippen LogP) is 2.12. The van der Waals surface area contributed by atoms with Crippen molar-refractivity contribution in [1.29, 1.82) is 0 Å². The summed E-state index contributed by atoms with van der Waals surface area (Å²) in [7, 11) is 3.25. The van der Waals surface area contributed by atoms with E-state index in [-0.39, 0.29) is 23.8 Å². The Morgan fingerprint density at radius 1 is 1.37 bits per heavy atom. The summed E-state index contributed by atoms with van der Waals surface area (Å²) in [5.41, 5.74) is 0. The van der Waals surface area contributed by atoms with E-state index in [0.29, 0.717) is 6.54 Å². The minimum atomic E-state index is -0.137. The molecule has 0 radical (unpaired) electrons. The van der Waals surface area contributed by atoms with Crippen molar-refractivity contribution in [2.24, 2.45) is 16.8 Å². The Balaban J connectivity index is 1.64. The number of nitrogens with one attached hydrogen (secondary N) is 1. The molecular formula is C20H32N4O3. The van der Waals surface area contributed by atoms with Gasteiger partial charge in [-0.05, 0) is 44.0 Å². The Hall–Kier alpha value is -2.02. The molecule has 0 aliphatic carbocycles. The van der Waals surface area contributed by atoms with Crippen LogP contribution in [0.1, 0.15) is 38.0 Å². The summed E-state index contributed by atoms with van der Waals surface area (Å²) >= 11 is 0. The van der Waals surface area contributed by atoms with Crippen molar-refractivity contribution in [2.45, 2.75) is 32.2 Å². The highest BCUT2D eigenvalue weighted by atomic mass is 16.5. The van der Waals surface area contributed by atoms with E-state index in [1.54, 1.807) is 13.3 Å². The first-order valence-corrected chi connectivity index (χ1v) is 9.95. The second-order valence-corrected chi connectivity index (χ2v) is 7.57. The molecule has 2 aliphatic rings. The van der Waals surface area contributed by atoms with Crippen molar-refractivity contribution >= 4 is 11.9 Å². The van der Waals surface area contributed by atoms with Crippen LogP contribution < -0.4 is 5.32 Å². The summed E-state index contributed by atoms with van der Waals surface area (Å²) in [5, 5.41) is 3.52. The fraction of sp³-hybridized carbons (Fsp3) is 0.700.